The molecule has 25 heavy (non-hydrogen) atoms. The zero-order chi connectivity index (χ0) is 17.8. The SMILES string of the molecule is C[C@H]1CN(S(=O)(=O)c2ccc3c(c2)CCN3c2cccn2C)C(N)=N1. The lowest BCUT2D eigenvalue weighted by molar-refractivity contribution is 0.521. The molecule has 4 rings (SSSR count). The van der Waals surface area contributed by atoms with Gasteiger partial charge in [-0.15, -0.1) is 0 Å². The van der Waals surface area contributed by atoms with Crippen LogP contribution in [0, 0.1) is 0 Å². The van der Waals surface area contributed by atoms with Gasteiger partial charge in [-0.25, -0.2) is 17.7 Å². The van der Waals surface area contributed by atoms with E-state index in [9.17, 15) is 8.42 Å². The maximum atomic E-state index is 12.9. The summed E-state index contributed by atoms with van der Waals surface area (Å²) in [5.74, 6) is 1.16. The predicted molar refractivity (Wildman–Crippen MR) is 97.5 cm³/mol. The van der Waals surface area contributed by atoms with Gasteiger partial charge in [0.2, 0.25) is 5.96 Å². The van der Waals surface area contributed by atoms with Gasteiger partial charge in [-0.05, 0) is 49.2 Å². The molecule has 0 bridgehead atoms. The highest BCUT2D eigenvalue weighted by atomic mass is 32.2. The minimum absolute atomic E-state index is 0.0680. The standard InChI is InChI=1S/C17H21N5O2S/c1-12-11-22(17(18)19-12)25(23,24)14-5-6-15-13(10-14)7-9-21(15)16-4-3-8-20(16)2/h3-6,8,10,12H,7,9,11H2,1-2H3,(H2,18,19)/t12-/m0/s1. The van der Waals surface area contributed by atoms with Crippen molar-refractivity contribution in [3.8, 4) is 0 Å². The quantitative estimate of drug-likeness (QED) is 0.898. The fourth-order valence-electron chi connectivity index (χ4n) is 3.52. The Morgan fingerprint density at radius 1 is 1.28 bits per heavy atom. The molecule has 7 nitrogen and oxygen atoms in total. The summed E-state index contributed by atoms with van der Waals surface area (Å²) in [7, 11) is -1.67. The first-order valence-electron chi connectivity index (χ1n) is 8.26. The first-order chi connectivity index (χ1) is 11.9. The van der Waals surface area contributed by atoms with Crippen molar-refractivity contribution in [1.29, 1.82) is 0 Å². The first-order valence-corrected chi connectivity index (χ1v) is 9.70. The number of nitrogens with zero attached hydrogens (tertiary/aromatic N) is 4. The van der Waals surface area contributed by atoms with Crippen molar-refractivity contribution in [2.24, 2.45) is 17.8 Å². The highest BCUT2D eigenvalue weighted by Crippen LogP contribution is 2.36. The molecule has 0 fully saturated rings. The van der Waals surface area contributed by atoms with E-state index in [-0.39, 0.29) is 16.9 Å². The number of hydrogen-bond donors (Lipinski definition) is 1. The van der Waals surface area contributed by atoms with Crippen LogP contribution in [0.1, 0.15) is 12.5 Å². The van der Waals surface area contributed by atoms with Crippen molar-refractivity contribution in [2.75, 3.05) is 18.0 Å². The summed E-state index contributed by atoms with van der Waals surface area (Å²) in [4.78, 5) is 6.60. The number of aryl methyl sites for hydroxylation is 1. The number of hydrogen-bond acceptors (Lipinski definition) is 5. The second-order valence-electron chi connectivity index (χ2n) is 6.54. The van der Waals surface area contributed by atoms with Gasteiger partial charge in [-0.1, -0.05) is 0 Å². The third kappa shape index (κ3) is 2.48. The second kappa shape index (κ2) is 5.52. The third-order valence-electron chi connectivity index (χ3n) is 4.77. The number of benzene rings is 1. The number of aliphatic imine (C=N–C) groups is 1. The molecule has 0 spiro atoms. The van der Waals surface area contributed by atoms with Crippen LogP contribution in [0.3, 0.4) is 0 Å². The van der Waals surface area contributed by atoms with E-state index >= 15 is 0 Å². The Morgan fingerprint density at radius 2 is 2.08 bits per heavy atom. The van der Waals surface area contributed by atoms with E-state index in [0.717, 1.165) is 30.0 Å². The summed E-state index contributed by atoms with van der Waals surface area (Å²) >= 11 is 0. The van der Waals surface area contributed by atoms with E-state index < -0.39 is 10.0 Å². The number of anilines is 2. The van der Waals surface area contributed by atoms with Crippen molar-refractivity contribution in [3.05, 3.63) is 42.1 Å². The molecule has 2 N–H and O–H groups in total. The van der Waals surface area contributed by atoms with Crippen LogP contribution < -0.4 is 10.6 Å². The molecule has 1 aromatic heterocycles. The van der Waals surface area contributed by atoms with E-state index in [0.29, 0.717) is 6.54 Å². The normalized spacial score (nSPS) is 20.1. The maximum absolute atomic E-state index is 12.9. The van der Waals surface area contributed by atoms with Crippen molar-refractivity contribution < 1.29 is 8.42 Å². The minimum Gasteiger partial charge on any atom is -0.369 e. The first kappa shape index (κ1) is 16.0. The maximum Gasteiger partial charge on any atom is 0.266 e. The molecular weight excluding hydrogens is 338 g/mol. The van der Waals surface area contributed by atoms with Crippen LogP contribution in [0.2, 0.25) is 0 Å². The van der Waals surface area contributed by atoms with Gasteiger partial charge in [0, 0.05) is 25.5 Å². The molecule has 132 valence electrons. The van der Waals surface area contributed by atoms with Gasteiger partial charge in [-0.3, -0.25) is 0 Å². The van der Waals surface area contributed by atoms with E-state index in [1.54, 1.807) is 12.1 Å². The molecule has 0 radical (unpaired) electrons. The number of fused-ring (bicyclic) bond motifs is 1. The van der Waals surface area contributed by atoms with Gasteiger partial charge in [-0.2, -0.15) is 0 Å². The van der Waals surface area contributed by atoms with Gasteiger partial charge < -0.3 is 15.2 Å². The van der Waals surface area contributed by atoms with Crippen molar-refractivity contribution in [3.63, 3.8) is 0 Å². The molecule has 0 aliphatic carbocycles. The highest BCUT2D eigenvalue weighted by molar-refractivity contribution is 7.89. The van der Waals surface area contributed by atoms with Crippen molar-refractivity contribution in [1.82, 2.24) is 8.87 Å². The molecule has 0 saturated carbocycles. The fourth-order valence-corrected chi connectivity index (χ4v) is 5.01. The van der Waals surface area contributed by atoms with E-state index in [1.807, 2.05) is 32.3 Å². The lowest BCUT2D eigenvalue weighted by atomic mass is 10.2. The fraction of sp³-hybridized carbons (Fsp3) is 0.353. The molecule has 2 aromatic rings. The molecule has 2 aliphatic rings. The number of guanidine groups is 1. The molecule has 8 heteroatoms. The van der Waals surface area contributed by atoms with Crippen LogP contribution in [0.5, 0.6) is 0 Å². The lowest BCUT2D eigenvalue weighted by Crippen LogP contribution is -2.39. The van der Waals surface area contributed by atoms with Gasteiger partial charge in [0.1, 0.15) is 5.82 Å². The third-order valence-corrected chi connectivity index (χ3v) is 6.53. The van der Waals surface area contributed by atoms with Crippen molar-refractivity contribution in [2.45, 2.75) is 24.3 Å². The average Bonchev–Trinajstić information content (AvgIpc) is 3.25. The van der Waals surface area contributed by atoms with Crippen LogP contribution in [0.25, 0.3) is 0 Å². The van der Waals surface area contributed by atoms with Gasteiger partial charge >= 0.3 is 0 Å². The molecule has 1 aromatic carbocycles. The average molecular weight is 359 g/mol. The van der Waals surface area contributed by atoms with E-state index in [4.69, 9.17) is 5.73 Å². The largest absolute Gasteiger partial charge is 0.369 e. The number of nitrogens with two attached hydrogens (primary N) is 1. The second-order valence-corrected chi connectivity index (χ2v) is 8.40. The van der Waals surface area contributed by atoms with E-state index in [2.05, 4.69) is 20.5 Å². The van der Waals surface area contributed by atoms with E-state index in [1.165, 1.54) is 4.31 Å². The van der Waals surface area contributed by atoms with Crippen LogP contribution in [-0.4, -0.2) is 42.4 Å². The van der Waals surface area contributed by atoms with Crippen LogP contribution in [0.4, 0.5) is 11.5 Å². The molecule has 0 saturated heterocycles. The Labute approximate surface area is 147 Å². The van der Waals surface area contributed by atoms with Crippen LogP contribution >= 0.6 is 0 Å². The Bertz CT molecular complexity index is 963. The summed E-state index contributed by atoms with van der Waals surface area (Å²) in [6, 6.07) is 9.26. The highest BCUT2D eigenvalue weighted by Gasteiger charge is 2.33. The zero-order valence-electron chi connectivity index (χ0n) is 14.3. The molecule has 2 aliphatic heterocycles. The smallest absolute Gasteiger partial charge is 0.266 e. The van der Waals surface area contributed by atoms with Gasteiger partial charge in [0.05, 0.1) is 17.5 Å². The molecule has 3 heterocycles. The number of aromatic nitrogens is 1. The molecular formula is C17H21N5O2S. The minimum atomic E-state index is -3.67. The molecule has 1 atom stereocenters. The monoisotopic (exact) mass is 359 g/mol. The molecule has 0 unspecified atom stereocenters. The van der Waals surface area contributed by atoms with Gasteiger partial charge in [0.15, 0.2) is 0 Å². The topological polar surface area (TPSA) is 83.9 Å². The Kier molecular flexibility index (Phi) is 3.54. The van der Waals surface area contributed by atoms with Crippen molar-refractivity contribution >= 4 is 27.5 Å². The summed E-state index contributed by atoms with van der Waals surface area (Å²) < 4.78 is 29.1. The summed E-state index contributed by atoms with van der Waals surface area (Å²) in [5.41, 5.74) is 7.88. The summed E-state index contributed by atoms with van der Waals surface area (Å²) in [6.07, 6.45) is 2.81. The summed E-state index contributed by atoms with van der Waals surface area (Å²) in [6.45, 7) is 2.98. The van der Waals surface area contributed by atoms with Crippen LogP contribution in [-0.2, 0) is 23.5 Å². The Morgan fingerprint density at radius 3 is 2.72 bits per heavy atom. The zero-order valence-corrected chi connectivity index (χ0v) is 15.1. The Balaban J connectivity index is 1.69. The lowest BCUT2D eigenvalue weighted by Gasteiger charge is -2.21. The number of rotatable bonds is 3. The summed E-state index contributed by atoms with van der Waals surface area (Å²) in [5, 5.41) is 0. The van der Waals surface area contributed by atoms with Gasteiger partial charge in [0.25, 0.3) is 10.0 Å². The van der Waals surface area contributed by atoms with Crippen LogP contribution in [0.15, 0.2) is 46.4 Å². The Hall–Kier alpha value is -2.48. The predicted octanol–water partition coefficient (Wildman–Crippen LogP) is 1.43. The number of sulfonamides is 1. The molecule has 0 amide bonds.